The molecule has 1 aromatic heterocycles. The van der Waals surface area contributed by atoms with E-state index in [1.54, 1.807) is 30.2 Å². The maximum Gasteiger partial charge on any atom is 0.258 e. The van der Waals surface area contributed by atoms with Gasteiger partial charge in [-0.05, 0) is 43.2 Å². The fourth-order valence-electron chi connectivity index (χ4n) is 3.49. The van der Waals surface area contributed by atoms with E-state index in [9.17, 15) is 4.79 Å². The number of methoxy groups -OCH3 is 1. The summed E-state index contributed by atoms with van der Waals surface area (Å²) in [6, 6.07) is 10.8. The molecule has 7 heteroatoms. The van der Waals surface area contributed by atoms with Crippen LogP contribution in [0.25, 0.3) is 11.0 Å². The number of benzene rings is 2. The Morgan fingerprint density at radius 2 is 1.97 bits per heavy atom. The number of para-hydroxylation sites is 1. The van der Waals surface area contributed by atoms with Crippen LogP contribution in [0.15, 0.2) is 36.4 Å². The Kier molecular flexibility index (Phi) is 7.04. The Balaban J connectivity index is 2.02. The van der Waals surface area contributed by atoms with Crippen LogP contribution < -0.4 is 4.74 Å². The molecule has 0 bridgehead atoms. The summed E-state index contributed by atoms with van der Waals surface area (Å²) in [4.78, 5) is 19.9. The van der Waals surface area contributed by atoms with Gasteiger partial charge in [0.1, 0.15) is 11.6 Å². The van der Waals surface area contributed by atoms with Crippen LogP contribution in [0.3, 0.4) is 0 Å². The molecular weight excluding hydrogens is 409 g/mol. The van der Waals surface area contributed by atoms with Crippen LogP contribution in [-0.4, -0.2) is 34.0 Å². The summed E-state index contributed by atoms with van der Waals surface area (Å²) in [7, 11) is 1.55. The molecule has 1 heterocycles. The highest BCUT2D eigenvalue weighted by molar-refractivity contribution is 6.35. The van der Waals surface area contributed by atoms with Crippen LogP contribution in [0.5, 0.6) is 5.75 Å². The van der Waals surface area contributed by atoms with E-state index >= 15 is 0 Å². The first-order valence-electron chi connectivity index (χ1n) is 9.76. The van der Waals surface area contributed by atoms with Crippen LogP contribution in [-0.2, 0) is 13.1 Å². The highest BCUT2D eigenvalue weighted by atomic mass is 35.5. The highest BCUT2D eigenvalue weighted by Gasteiger charge is 2.23. The molecular formula is C22H25Cl2N3O2. The molecule has 0 saturated carbocycles. The topological polar surface area (TPSA) is 47.4 Å². The molecule has 0 aliphatic rings. The lowest BCUT2D eigenvalue weighted by Crippen LogP contribution is -2.32. The van der Waals surface area contributed by atoms with Gasteiger partial charge in [-0.1, -0.05) is 43.1 Å². The lowest BCUT2D eigenvalue weighted by molar-refractivity contribution is 0.0734. The summed E-state index contributed by atoms with van der Waals surface area (Å²) in [5.41, 5.74) is 2.20. The van der Waals surface area contributed by atoms with Gasteiger partial charge in [0.25, 0.3) is 5.91 Å². The first-order valence-corrected chi connectivity index (χ1v) is 10.5. The van der Waals surface area contributed by atoms with E-state index in [0.29, 0.717) is 34.4 Å². The van der Waals surface area contributed by atoms with Crippen molar-refractivity contribution in [3.63, 3.8) is 0 Å². The molecule has 0 spiro atoms. The normalized spacial score (nSPS) is 11.1. The van der Waals surface area contributed by atoms with Gasteiger partial charge in [-0.25, -0.2) is 4.98 Å². The lowest BCUT2D eigenvalue weighted by atomic mass is 10.1. The minimum absolute atomic E-state index is 0.132. The van der Waals surface area contributed by atoms with E-state index in [-0.39, 0.29) is 5.91 Å². The average molecular weight is 434 g/mol. The van der Waals surface area contributed by atoms with Crippen molar-refractivity contribution in [2.75, 3.05) is 13.7 Å². The Morgan fingerprint density at radius 3 is 2.66 bits per heavy atom. The number of rotatable bonds is 8. The number of imidazole rings is 1. The van der Waals surface area contributed by atoms with Gasteiger partial charge in [-0.15, -0.1) is 0 Å². The fourth-order valence-corrected chi connectivity index (χ4v) is 3.93. The third-order valence-electron chi connectivity index (χ3n) is 4.75. The van der Waals surface area contributed by atoms with Crippen molar-refractivity contribution in [1.82, 2.24) is 14.5 Å². The van der Waals surface area contributed by atoms with Gasteiger partial charge in [0, 0.05) is 18.1 Å². The molecule has 0 atom stereocenters. The second-order valence-electron chi connectivity index (χ2n) is 6.86. The van der Waals surface area contributed by atoms with Crippen molar-refractivity contribution >= 4 is 40.1 Å². The second-order valence-corrected chi connectivity index (χ2v) is 7.70. The highest BCUT2D eigenvalue weighted by Crippen LogP contribution is 2.28. The monoisotopic (exact) mass is 433 g/mol. The zero-order valence-electron chi connectivity index (χ0n) is 16.9. The molecule has 1 amide bonds. The Hall–Kier alpha value is -2.24. The van der Waals surface area contributed by atoms with Crippen molar-refractivity contribution < 1.29 is 9.53 Å². The number of hydrogen-bond acceptors (Lipinski definition) is 3. The summed E-state index contributed by atoms with van der Waals surface area (Å²) in [6.45, 7) is 5.91. The number of halogens is 2. The number of carbonyl (C=O) groups excluding carboxylic acids is 1. The van der Waals surface area contributed by atoms with Gasteiger partial charge in [-0.2, -0.15) is 0 Å². The minimum Gasteiger partial charge on any atom is -0.496 e. The predicted octanol–water partition coefficient (Wildman–Crippen LogP) is 5.81. The Morgan fingerprint density at radius 1 is 1.17 bits per heavy atom. The Labute approximate surface area is 181 Å². The third kappa shape index (κ3) is 4.51. The van der Waals surface area contributed by atoms with Crippen LogP contribution in [0.1, 0.15) is 42.9 Å². The predicted molar refractivity (Wildman–Crippen MR) is 118 cm³/mol. The smallest absolute Gasteiger partial charge is 0.258 e. The number of amides is 1. The molecule has 0 N–H and O–H groups in total. The maximum absolute atomic E-state index is 13.3. The van der Waals surface area contributed by atoms with E-state index in [1.807, 2.05) is 25.1 Å². The average Bonchev–Trinajstić information content (AvgIpc) is 3.06. The first-order chi connectivity index (χ1) is 14.0. The summed E-state index contributed by atoms with van der Waals surface area (Å²) in [5, 5.41) is 1.16. The SMILES string of the molecule is CCCN(Cc1nc2cccc(Cl)c2n1CCC)C(=O)c1cc(Cl)ccc1OC. The molecule has 0 aliphatic heterocycles. The van der Waals surface area contributed by atoms with Gasteiger partial charge in [0.05, 0.1) is 35.3 Å². The van der Waals surface area contributed by atoms with E-state index in [1.165, 1.54) is 0 Å². The van der Waals surface area contributed by atoms with Crippen molar-refractivity contribution in [3.8, 4) is 5.75 Å². The molecule has 0 saturated heterocycles. The number of nitrogens with zero attached hydrogens (tertiary/aromatic N) is 3. The molecule has 3 aromatic rings. The van der Waals surface area contributed by atoms with Crippen LogP contribution in [0, 0.1) is 0 Å². The molecule has 0 radical (unpaired) electrons. The number of fused-ring (bicyclic) bond motifs is 1. The molecule has 29 heavy (non-hydrogen) atoms. The zero-order chi connectivity index (χ0) is 21.0. The van der Waals surface area contributed by atoms with Crippen LogP contribution in [0.2, 0.25) is 10.0 Å². The summed E-state index contributed by atoms with van der Waals surface area (Å²) >= 11 is 12.6. The number of aromatic nitrogens is 2. The molecule has 5 nitrogen and oxygen atoms in total. The van der Waals surface area contributed by atoms with Gasteiger partial charge in [0.2, 0.25) is 0 Å². The molecule has 3 rings (SSSR count). The van der Waals surface area contributed by atoms with Crippen molar-refractivity contribution in [2.24, 2.45) is 0 Å². The number of ether oxygens (including phenoxy) is 1. The summed E-state index contributed by atoms with van der Waals surface area (Å²) in [5.74, 6) is 1.19. The lowest BCUT2D eigenvalue weighted by Gasteiger charge is -2.23. The van der Waals surface area contributed by atoms with Crippen molar-refractivity contribution in [1.29, 1.82) is 0 Å². The van der Waals surface area contributed by atoms with Gasteiger partial charge < -0.3 is 14.2 Å². The number of aryl methyl sites for hydroxylation is 1. The third-order valence-corrected chi connectivity index (χ3v) is 5.29. The summed E-state index contributed by atoms with van der Waals surface area (Å²) in [6.07, 6.45) is 1.76. The van der Waals surface area contributed by atoms with Gasteiger partial charge >= 0.3 is 0 Å². The Bertz CT molecular complexity index is 1020. The molecule has 0 fully saturated rings. The minimum atomic E-state index is -0.132. The van der Waals surface area contributed by atoms with E-state index in [0.717, 1.165) is 36.2 Å². The molecule has 0 aliphatic carbocycles. The van der Waals surface area contributed by atoms with E-state index < -0.39 is 0 Å². The maximum atomic E-state index is 13.3. The van der Waals surface area contributed by atoms with Gasteiger partial charge in [0.15, 0.2) is 0 Å². The van der Waals surface area contributed by atoms with Crippen LogP contribution in [0.4, 0.5) is 0 Å². The second kappa shape index (κ2) is 9.51. The summed E-state index contributed by atoms with van der Waals surface area (Å²) < 4.78 is 7.50. The number of hydrogen-bond donors (Lipinski definition) is 0. The first kappa shape index (κ1) is 21.5. The molecule has 154 valence electrons. The fraction of sp³-hybridized carbons (Fsp3) is 0.364. The molecule has 0 unspecified atom stereocenters. The number of carbonyl (C=O) groups is 1. The van der Waals surface area contributed by atoms with E-state index in [2.05, 4.69) is 11.5 Å². The van der Waals surface area contributed by atoms with E-state index in [4.69, 9.17) is 32.9 Å². The largest absolute Gasteiger partial charge is 0.496 e. The van der Waals surface area contributed by atoms with Crippen molar-refractivity contribution in [3.05, 3.63) is 57.8 Å². The van der Waals surface area contributed by atoms with Gasteiger partial charge in [-0.3, -0.25) is 4.79 Å². The standard InChI is InChI=1S/C22H25Cl2N3O2/c1-4-11-26(22(28)16-13-15(23)9-10-19(16)29-3)14-20-25-18-8-6-7-17(24)21(18)27(20)12-5-2/h6-10,13H,4-5,11-12,14H2,1-3H3. The quantitative estimate of drug-likeness (QED) is 0.449. The molecule has 2 aromatic carbocycles. The zero-order valence-corrected chi connectivity index (χ0v) is 18.4. The van der Waals surface area contributed by atoms with Crippen molar-refractivity contribution in [2.45, 2.75) is 39.8 Å². The van der Waals surface area contributed by atoms with Crippen LogP contribution >= 0.6 is 23.2 Å².